The molecule has 0 unspecified atom stereocenters. The Kier molecular flexibility index (Phi) is 5.22. The molecule has 0 saturated heterocycles. The number of likely N-dealkylation sites (N-methyl/N-ethyl adjacent to an activating group) is 1. The van der Waals surface area contributed by atoms with Crippen molar-refractivity contribution < 1.29 is 9.50 Å². The summed E-state index contributed by atoms with van der Waals surface area (Å²) in [6, 6.07) is 5.20. The quantitative estimate of drug-likeness (QED) is 0.769. The van der Waals surface area contributed by atoms with Crippen LogP contribution in [-0.2, 0) is 6.54 Å². The molecule has 3 nitrogen and oxygen atoms in total. The van der Waals surface area contributed by atoms with Crippen LogP contribution < -0.4 is 10.2 Å². The zero-order chi connectivity index (χ0) is 12.0. The van der Waals surface area contributed by atoms with Crippen molar-refractivity contribution >= 4 is 5.69 Å². The molecule has 0 aliphatic rings. The molecule has 0 amide bonds. The molecule has 90 valence electrons. The third-order valence-electron chi connectivity index (χ3n) is 2.49. The van der Waals surface area contributed by atoms with Gasteiger partial charge in [-0.2, -0.15) is 0 Å². The third kappa shape index (κ3) is 3.18. The smallest absolute Gasteiger partial charge is 0.146 e. The second-order valence-electron chi connectivity index (χ2n) is 3.62. The van der Waals surface area contributed by atoms with Crippen molar-refractivity contribution in [1.82, 2.24) is 5.32 Å². The van der Waals surface area contributed by atoms with E-state index in [0.29, 0.717) is 25.3 Å². The Labute approximate surface area is 95.9 Å². The standard InChI is InChI=1S/C12H19FN2O/c1-3-15(6-7-16)12-5-4-10(9-14-2)8-11(12)13/h4-5,8,14,16H,3,6-7,9H2,1-2H3. The van der Waals surface area contributed by atoms with Crippen LogP contribution in [0.2, 0.25) is 0 Å². The summed E-state index contributed by atoms with van der Waals surface area (Å²) in [6.07, 6.45) is 0. The van der Waals surface area contributed by atoms with E-state index in [4.69, 9.17) is 5.11 Å². The van der Waals surface area contributed by atoms with Gasteiger partial charge < -0.3 is 15.3 Å². The highest BCUT2D eigenvalue weighted by Gasteiger charge is 2.09. The van der Waals surface area contributed by atoms with Gasteiger partial charge in [0.1, 0.15) is 5.82 Å². The number of hydrogen-bond acceptors (Lipinski definition) is 3. The summed E-state index contributed by atoms with van der Waals surface area (Å²) in [5, 5.41) is 11.9. The van der Waals surface area contributed by atoms with Gasteiger partial charge in [-0.05, 0) is 31.7 Å². The molecule has 1 aromatic rings. The molecule has 0 aromatic heterocycles. The van der Waals surface area contributed by atoms with E-state index in [0.717, 1.165) is 5.56 Å². The lowest BCUT2D eigenvalue weighted by Crippen LogP contribution is -2.27. The van der Waals surface area contributed by atoms with Crippen LogP contribution >= 0.6 is 0 Å². The van der Waals surface area contributed by atoms with Crippen LogP contribution in [0.15, 0.2) is 18.2 Å². The Bertz CT molecular complexity index is 331. The highest BCUT2D eigenvalue weighted by atomic mass is 19.1. The molecule has 0 bridgehead atoms. The SMILES string of the molecule is CCN(CCO)c1ccc(CNC)cc1F. The number of hydrogen-bond donors (Lipinski definition) is 2. The molecule has 0 spiro atoms. The average molecular weight is 226 g/mol. The fraction of sp³-hybridized carbons (Fsp3) is 0.500. The molecule has 4 heteroatoms. The number of halogens is 1. The largest absolute Gasteiger partial charge is 0.395 e. The zero-order valence-electron chi connectivity index (χ0n) is 9.83. The Hall–Kier alpha value is -1.13. The molecule has 0 atom stereocenters. The van der Waals surface area contributed by atoms with Crippen molar-refractivity contribution in [2.75, 3.05) is 31.6 Å². The van der Waals surface area contributed by atoms with Gasteiger partial charge in [0, 0.05) is 19.6 Å². The van der Waals surface area contributed by atoms with E-state index >= 15 is 0 Å². The first-order chi connectivity index (χ1) is 7.72. The van der Waals surface area contributed by atoms with E-state index in [9.17, 15) is 4.39 Å². The highest BCUT2D eigenvalue weighted by molar-refractivity contribution is 5.49. The summed E-state index contributed by atoms with van der Waals surface area (Å²) in [6.45, 7) is 3.77. The first kappa shape index (κ1) is 12.9. The summed E-state index contributed by atoms with van der Waals surface area (Å²) in [5.41, 5.74) is 1.47. The lowest BCUT2D eigenvalue weighted by Gasteiger charge is -2.22. The van der Waals surface area contributed by atoms with Crippen LogP contribution in [-0.4, -0.2) is 31.9 Å². The molecule has 1 rings (SSSR count). The minimum Gasteiger partial charge on any atom is -0.395 e. The van der Waals surface area contributed by atoms with E-state index < -0.39 is 0 Å². The van der Waals surface area contributed by atoms with Crippen molar-refractivity contribution in [3.05, 3.63) is 29.6 Å². The lowest BCUT2D eigenvalue weighted by molar-refractivity contribution is 0.302. The zero-order valence-corrected chi connectivity index (χ0v) is 9.83. The minimum atomic E-state index is -0.233. The van der Waals surface area contributed by atoms with Crippen LogP contribution in [0.5, 0.6) is 0 Å². The second kappa shape index (κ2) is 6.45. The van der Waals surface area contributed by atoms with Gasteiger partial charge in [-0.15, -0.1) is 0 Å². The fourth-order valence-electron chi connectivity index (χ4n) is 1.69. The number of rotatable bonds is 6. The summed E-state index contributed by atoms with van der Waals surface area (Å²) in [5.74, 6) is -0.233. The summed E-state index contributed by atoms with van der Waals surface area (Å²) < 4.78 is 13.8. The predicted octanol–water partition coefficient (Wildman–Crippen LogP) is 1.36. The molecule has 1 aromatic carbocycles. The number of aliphatic hydroxyl groups excluding tert-OH is 1. The molecule has 0 saturated carbocycles. The first-order valence-electron chi connectivity index (χ1n) is 5.51. The Morgan fingerprint density at radius 2 is 2.19 bits per heavy atom. The summed E-state index contributed by atoms with van der Waals surface area (Å²) >= 11 is 0. The van der Waals surface area contributed by atoms with Crippen LogP contribution in [0.25, 0.3) is 0 Å². The Morgan fingerprint density at radius 1 is 1.44 bits per heavy atom. The average Bonchev–Trinajstić information content (AvgIpc) is 2.27. The maximum absolute atomic E-state index is 13.8. The van der Waals surface area contributed by atoms with Gasteiger partial charge in [-0.25, -0.2) is 4.39 Å². The molecule has 0 heterocycles. The van der Waals surface area contributed by atoms with Gasteiger partial charge in [0.05, 0.1) is 12.3 Å². The van der Waals surface area contributed by atoms with Crippen molar-refractivity contribution in [3.8, 4) is 0 Å². The maximum atomic E-state index is 13.8. The van der Waals surface area contributed by atoms with Gasteiger partial charge >= 0.3 is 0 Å². The molecular weight excluding hydrogens is 207 g/mol. The van der Waals surface area contributed by atoms with Gasteiger partial charge in [-0.1, -0.05) is 6.07 Å². The van der Waals surface area contributed by atoms with E-state index in [-0.39, 0.29) is 12.4 Å². The van der Waals surface area contributed by atoms with Gasteiger partial charge in [0.15, 0.2) is 0 Å². The fourth-order valence-corrected chi connectivity index (χ4v) is 1.69. The van der Waals surface area contributed by atoms with Crippen LogP contribution in [0.4, 0.5) is 10.1 Å². The second-order valence-corrected chi connectivity index (χ2v) is 3.62. The van der Waals surface area contributed by atoms with Crippen molar-refractivity contribution in [1.29, 1.82) is 0 Å². The van der Waals surface area contributed by atoms with Gasteiger partial charge in [-0.3, -0.25) is 0 Å². The summed E-state index contributed by atoms with van der Waals surface area (Å²) in [7, 11) is 1.83. The molecule has 0 aliphatic heterocycles. The molecule has 0 fully saturated rings. The topological polar surface area (TPSA) is 35.5 Å². The molecular formula is C12H19FN2O. The van der Waals surface area contributed by atoms with Crippen LogP contribution in [0, 0.1) is 5.82 Å². The maximum Gasteiger partial charge on any atom is 0.146 e. The number of aliphatic hydroxyl groups is 1. The van der Waals surface area contributed by atoms with E-state index in [1.165, 1.54) is 6.07 Å². The van der Waals surface area contributed by atoms with E-state index in [1.54, 1.807) is 6.07 Å². The van der Waals surface area contributed by atoms with Crippen molar-refractivity contribution in [3.63, 3.8) is 0 Å². The number of benzene rings is 1. The van der Waals surface area contributed by atoms with Crippen molar-refractivity contribution in [2.24, 2.45) is 0 Å². The minimum absolute atomic E-state index is 0.0333. The molecule has 0 aliphatic carbocycles. The number of nitrogens with one attached hydrogen (secondary N) is 1. The monoisotopic (exact) mass is 226 g/mol. The first-order valence-corrected chi connectivity index (χ1v) is 5.51. The predicted molar refractivity (Wildman–Crippen MR) is 64.1 cm³/mol. The summed E-state index contributed by atoms with van der Waals surface area (Å²) in [4.78, 5) is 1.82. The number of anilines is 1. The van der Waals surface area contributed by atoms with E-state index in [1.807, 2.05) is 24.9 Å². The van der Waals surface area contributed by atoms with E-state index in [2.05, 4.69) is 5.32 Å². The molecule has 2 N–H and O–H groups in total. The lowest BCUT2D eigenvalue weighted by atomic mass is 10.2. The van der Waals surface area contributed by atoms with Crippen LogP contribution in [0.3, 0.4) is 0 Å². The molecule has 0 radical (unpaired) electrons. The van der Waals surface area contributed by atoms with Gasteiger partial charge in [0.25, 0.3) is 0 Å². The Balaban J connectivity index is 2.87. The Morgan fingerprint density at radius 3 is 2.69 bits per heavy atom. The highest BCUT2D eigenvalue weighted by Crippen LogP contribution is 2.20. The third-order valence-corrected chi connectivity index (χ3v) is 2.49. The van der Waals surface area contributed by atoms with Gasteiger partial charge in [0.2, 0.25) is 0 Å². The van der Waals surface area contributed by atoms with Crippen LogP contribution in [0.1, 0.15) is 12.5 Å². The normalized spacial score (nSPS) is 10.5. The molecule has 16 heavy (non-hydrogen) atoms. The number of nitrogens with zero attached hydrogens (tertiary/aromatic N) is 1. The van der Waals surface area contributed by atoms with Crippen molar-refractivity contribution in [2.45, 2.75) is 13.5 Å².